The first-order chi connectivity index (χ1) is 12.5. The monoisotopic (exact) mass is 353 g/mol. The van der Waals surface area contributed by atoms with E-state index in [-0.39, 0.29) is 5.97 Å². The van der Waals surface area contributed by atoms with Gasteiger partial charge in [0.1, 0.15) is 5.65 Å². The number of carbonyl (C=O) groups excluding carboxylic acids is 1. The van der Waals surface area contributed by atoms with E-state index in [4.69, 9.17) is 15.5 Å². The Hall–Kier alpha value is -2.67. The van der Waals surface area contributed by atoms with Crippen molar-refractivity contribution in [2.24, 2.45) is 5.73 Å². The highest BCUT2D eigenvalue weighted by Crippen LogP contribution is 2.26. The van der Waals surface area contributed by atoms with Gasteiger partial charge in [-0.15, -0.1) is 0 Å². The molecule has 7 nitrogen and oxygen atoms in total. The number of nitrogens with zero attached hydrogens (tertiary/aromatic N) is 3. The van der Waals surface area contributed by atoms with E-state index in [0.717, 1.165) is 53.9 Å². The summed E-state index contributed by atoms with van der Waals surface area (Å²) in [5.41, 5.74) is 8.97. The topological polar surface area (TPSA) is 94.5 Å². The van der Waals surface area contributed by atoms with Gasteiger partial charge >= 0.3 is 5.97 Å². The first-order valence-electron chi connectivity index (χ1n) is 8.95. The summed E-state index contributed by atoms with van der Waals surface area (Å²) in [7, 11) is 1.38. The van der Waals surface area contributed by atoms with Crippen molar-refractivity contribution in [2.75, 3.05) is 12.4 Å². The van der Waals surface area contributed by atoms with Gasteiger partial charge in [0.2, 0.25) is 5.95 Å². The molecule has 2 heterocycles. The van der Waals surface area contributed by atoms with Crippen LogP contribution in [0.5, 0.6) is 0 Å². The number of hydrogen-bond donors (Lipinski definition) is 2. The number of anilines is 1. The van der Waals surface area contributed by atoms with Gasteiger partial charge in [-0.3, -0.25) is 4.40 Å². The van der Waals surface area contributed by atoms with Crippen LogP contribution in [0.2, 0.25) is 0 Å². The molecule has 0 saturated heterocycles. The fraction of sp³-hybridized carbons (Fsp3) is 0.421. The van der Waals surface area contributed by atoms with Crippen molar-refractivity contribution in [3.05, 3.63) is 35.7 Å². The van der Waals surface area contributed by atoms with E-state index in [9.17, 15) is 4.79 Å². The molecule has 1 aromatic carbocycles. The molecule has 2 aromatic heterocycles. The van der Waals surface area contributed by atoms with Gasteiger partial charge in [-0.1, -0.05) is 0 Å². The maximum atomic E-state index is 11.9. The predicted octanol–water partition coefficient (Wildman–Crippen LogP) is 2.66. The Balaban J connectivity index is 1.80. The van der Waals surface area contributed by atoms with E-state index in [1.54, 1.807) is 12.1 Å². The SMILES string of the molecule is COC(=O)c1ccc2c(c1)nc(NC1CCC(N)CC1)n1cc(C)nc21. The Morgan fingerprint density at radius 1 is 1.27 bits per heavy atom. The molecule has 3 aromatic rings. The lowest BCUT2D eigenvalue weighted by Gasteiger charge is -2.27. The molecule has 0 atom stereocenters. The molecule has 136 valence electrons. The second-order valence-corrected chi connectivity index (χ2v) is 6.99. The normalized spacial score (nSPS) is 20.4. The molecule has 1 aliphatic rings. The number of esters is 1. The number of nitrogens with two attached hydrogens (primary N) is 1. The molecule has 26 heavy (non-hydrogen) atoms. The highest BCUT2D eigenvalue weighted by molar-refractivity contribution is 5.98. The van der Waals surface area contributed by atoms with Crippen LogP contribution in [0.1, 0.15) is 41.7 Å². The Morgan fingerprint density at radius 2 is 2.04 bits per heavy atom. The number of methoxy groups -OCH3 is 1. The molecule has 0 radical (unpaired) electrons. The minimum atomic E-state index is -0.371. The van der Waals surface area contributed by atoms with Crippen LogP contribution in [0.4, 0.5) is 5.95 Å². The van der Waals surface area contributed by atoms with E-state index in [1.165, 1.54) is 7.11 Å². The average molecular weight is 353 g/mol. The van der Waals surface area contributed by atoms with Crippen LogP contribution >= 0.6 is 0 Å². The molecular formula is C19H23N5O2. The number of aromatic nitrogens is 3. The molecule has 4 rings (SSSR count). The second kappa shape index (κ2) is 6.57. The van der Waals surface area contributed by atoms with Crippen molar-refractivity contribution in [1.82, 2.24) is 14.4 Å². The van der Waals surface area contributed by atoms with Crippen molar-refractivity contribution >= 4 is 28.5 Å². The van der Waals surface area contributed by atoms with Gasteiger partial charge in [0.15, 0.2) is 0 Å². The minimum absolute atomic E-state index is 0.302. The van der Waals surface area contributed by atoms with Crippen LogP contribution in [0, 0.1) is 6.92 Å². The zero-order chi connectivity index (χ0) is 18.3. The van der Waals surface area contributed by atoms with E-state index < -0.39 is 0 Å². The number of benzene rings is 1. The molecular weight excluding hydrogens is 330 g/mol. The summed E-state index contributed by atoms with van der Waals surface area (Å²) >= 11 is 0. The largest absolute Gasteiger partial charge is 0.465 e. The van der Waals surface area contributed by atoms with Gasteiger partial charge in [-0.05, 0) is 50.8 Å². The molecule has 1 fully saturated rings. The number of aryl methyl sites for hydroxylation is 1. The van der Waals surface area contributed by atoms with Crippen LogP contribution in [-0.2, 0) is 4.74 Å². The molecule has 7 heteroatoms. The molecule has 1 aliphatic carbocycles. The lowest BCUT2D eigenvalue weighted by molar-refractivity contribution is 0.0601. The summed E-state index contributed by atoms with van der Waals surface area (Å²) in [5, 5.41) is 4.46. The van der Waals surface area contributed by atoms with E-state index in [1.807, 2.05) is 23.6 Å². The summed E-state index contributed by atoms with van der Waals surface area (Å²) in [6.07, 6.45) is 6.07. The number of rotatable bonds is 3. The van der Waals surface area contributed by atoms with Crippen molar-refractivity contribution in [3.8, 4) is 0 Å². The maximum Gasteiger partial charge on any atom is 0.337 e. The highest BCUT2D eigenvalue weighted by atomic mass is 16.5. The number of carbonyl (C=O) groups is 1. The third kappa shape index (κ3) is 2.99. The summed E-state index contributed by atoms with van der Waals surface area (Å²) in [5.74, 6) is 0.375. The Morgan fingerprint density at radius 3 is 2.77 bits per heavy atom. The van der Waals surface area contributed by atoms with Crippen LogP contribution in [0.25, 0.3) is 16.6 Å². The van der Waals surface area contributed by atoms with Gasteiger partial charge in [-0.2, -0.15) is 0 Å². The van der Waals surface area contributed by atoms with E-state index in [0.29, 0.717) is 17.6 Å². The molecule has 0 unspecified atom stereocenters. The Bertz CT molecular complexity index is 973. The van der Waals surface area contributed by atoms with Crippen molar-refractivity contribution in [3.63, 3.8) is 0 Å². The third-order valence-electron chi connectivity index (χ3n) is 5.05. The van der Waals surface area contributed by atoms with Crippen molar-refractivity contribution in [2.45, 2.75) is 44.7 Å². The highest BCUT2D eigenvalue weighted by Gasteiger charge is 2.21. The first-order valence-corrected chi connectivity index (χ1v) is 8.95. The summed E-state index contributed by atoms with van der Waals surface area (Å²) < 4.78 is 6.81. The number of fused-ring (bicyclic) bond motifs is 3. The molecule has 0 spiro atoms. The molecule has 1 saturated carbocycles. The van der Waals surface area contributed by atoms with Crippen LogP contribution in [0.3, 0.4) is 0 Å². The van der Waals surface area contributed by atoms with Gasteiger partial charge < -0.3 is 15.8 Å². The number of imidazole rings is 1. The molecule has 0 aliphatic heterocycles. The quantitative estimate of drug-likeness (QED) is 0.703. The second-order valence-electron chi connectivity index (χ2n) is 6.99. The number of hydrogen-bond acceptors (Lipinski definition) is 6. The fourth-order valence-corrected chi connectivity index (χ4v) is 3.62. The Labute approximate surface area is 151 Å². The summed E-state index contributed by atoms with van der Waals surface area (Å²) in [6.45, 7) is 1.96. The Kier molecular flexibility index (Phi) is 4.24. The van der Waals surface area contributed by atoms with Gasteiger partial charge in [-0.25, -0.2) is 14.8 Å². The van der Waals surface area contributed by atoms with Crippen LogP contribution in [0.15, 0.2) is 24.4 Å². The van der Waals surface area contributed by atoms with E-state index in [2.05, 4.69) is 10.3 Å². The van der Waals surface area contributed by atoms with Crippen LogP contribution < -0.4 is 11.1 Å². The smallest absolute Gasteiger partial charge is 0.337 e. The summed E-state index contributed by atoms with van der Waals surface area (Å²) in [6, 6.07) is 6.02. The van der Waals surface area contributed by atoms with Crippen molar-refractivity contribution < 1.29 is 9.53 Å². The van der Waals surface area contributed by atoms with Gasteiger partial charge in [0.05, 0.1) is 23.9 Å². The first kappa shape index (κ1) is 16.8. The standard InChI is InChI=1S/C19H23N5O2/c1-11-10-24-17(21-11)15-8-3-12(18(25)26-2)9-16(15)23-19(24)22-14-6-4-13(20)5-7-14/h3,8-10,13-14H,4-7,20H2,1-2H3,(H,22,23). The predicted molar refractivity (Wildman–Crippen MR) is 100 cm³/mol. The molecule has 3 N–H and O–H groups in total. The zero-order valence-electron chi connectivity index (χ0n) is 15.0. The minimum Gasteiger partial charge on any atom is -0.465 e. The molecule has 0 bridgehead atoms. The van der Waals surface area contributed by atoms with Gasteiger partial charge in [0.25, 0.3) is 0 Å². The average Bonchev–Trinajstić information content (AvgIpc) is 3.04. The van der Waals surface area contributed by atoms with E-state index >= 15 is 0 Å². The molecule has 0 amide bonds. The van der Waals surface area contributed by atoms with Gasteiger partial charge in [0, 0.05) is 23.7 Å². The lowest BCUT2D eigenvalue weighted by Crippen LogP contribution is -2.33. The van der Waals surface area contributed by atoms with Crippen LogP contribution in [-0.4, -0.2) is 39.5 Å². The third-order valence-corrected chi connectivity index (χ3v) is 5.05. The zero-order valence-corrected chi connectivity index (χ0v) is 15.0. The number of nitrogens with one attached hydrogen (secondary N) is 1. The summed E-state index contributed by atoms with van der Waals surface area (Å²) in [4.78, 5) is 21.3. The lowest BCUT2D eigenvalue weighted by atomic mass is 9.92. The number of ether oxygens (including phenoxy) is 1. The fourth-order valence-electron chi connectivity index (χ4n) is 3.62. The maximum absolute atomic E-state index is 11.9. The van der Waals surface area contributed by atoms with Crippen molar-refractivity contribution in [1.29, 1.82) is 0 Å².